The van der Waals surface area contributed by atoms with Gasteiger partial charge in [0.1, 0.15) is 39.2 Å². The highest BCUT2D eigenvalue weighted by molar-refractivity contribution is 6.67. The van der Waals surface area contributed by atoms with Gasteiger partial charge in [0.15, 0.2) is 0 Å². The molecule has 0 aliphatic heterocycles. The second kappa shape index (κ2) is 6.10. The van der Waals surface area contributed by atoms with Crippen LogP contribution in [0.1, 0.15) is 26.3 Å². The van der Waals surface area contributed by atoms with Crippen LogP contribution in [0.3, 0.4) is 0 Å². The minimum Gasteiger partial charge on any atom is -0.112 e. The maximum atomic E-state index is 6.22. The summed E-state index contributed by atoms with van der Waals surface area (Å²) in [6.07, 6.45) is 10.3. The lowest BCUT2D eigenvalue weighted by atomic mass is 9.56. The van der Waals surface area contributed by atoms with Crippen molar-refractivity contribution in [1.29, 1.82) is 0 Å². The van der Waals surface area contributed by atoms with E-state index in [1.54, 1.807) is 0 Å². The molecular formula is C17H15B5. The van der Waals surface area contributed by atoms with Crippen molar-refractivity contribution in [3.05, 3.63) is 41.5 Å². The number of allylic oxidation sites excluding steroid dienone is 6. The van der Waals surface area contributed by atoms with Gasteiger partial charge in [-0.15, -0.1) is 27.3 Å². The van der Waals surface area contributed by atoms with E-state index < -0.39 is 5.41 Å². The first-order valence-electron chi connectivity index (χ1n) is 7.29. The Morgan fingerprint density at radius 2 is 1.32 bits per heavy atom. The summed E-state index contributed by atoms with van der Waals surface area (Å²) in [5.74, 6) is 0.376. The number of hydrogen-bond donors (Lipinski definition) is 0. The zero-order valence-electron chi connectivity index (χ0n) is 13.4. The monoisotopic (exact) mass is 274 g/mol. The molecule has 0 saturated heterocycles. The van der Waals surface area contributed by atoms with Gasteiger partial charge in [-0.2, -0.15) is 0 Å². The average Bonchev–Trinajstić information content (AvgIpc) is 2.66. The molecule has 1 aromatic rings. The van der Waals surface area contributed by atoms with Crippen LogP contribution in [0.25, 0.3) is 0 Å². The summed E-state index contributed by atoms with van der Waals surface area (Å²) in [6.45, 7) is 6.32. The van der Waals surface area contributed by atoms with Crippen molar-refractivity contribution in [3.63, 3.8) is 0 Å². The SMILES string of the molecule is [B]c1c([B])c([B])c(C2(C)C=CC=CC(C(C)C)=C2)c([B])c1[B]. The van der Waals surface area contributed by atoms with Gasteiger partial charge < -0.3 is 0 Å². The van der Waals surface area contributed by atoms with Crippen LogP contribution in [0, 0.1) is 5.92 Å². The highest BCUT2D eigenvalue weighted by atomic mass is 14.3. The molecule has 1 aromatic carbocycles. The molecule has 5 heteroatoms. The number of hydrogen-bond acceptors (Lipinski definition) is 0. The second-order valence-corrected chi connectivity index (χ2v) is 6.24. The Morgan fingerprint density at radius 3 is 1.82 bits per heavy atom. The lowest BCUT2D eigenvalue weighted by Crippen LogP contribution is -2.58. The highest BCUT2D eigenvalue weighted by Gasteiger charge is 2.27. The Balaban J connectivity index is 2.77. The molecule has 1 unspecified atom stereocenters. The van der Waals surface area contributed by atoms with Gasteiger partial charge in [-0.1, -0.05) is 44.2 Å². The molecule has 0 bridgehead atoms. The van der Waals surface area contributed by atoms with Gasteiger partial charge in [0.05, 0.1) is 0 Å². The predicted octanol–water partition coefficient (Wildman–Crippen LogP) is -1.38. The van der Waals surface area contributed by atoms with Gasteiger partial charge in [0.2, 0.25) is 0 Å². The van der Waals surface area contributed by atoms with Crippen LogP contribution in [0.2, 0.25) is 0 Å². The van der Waals surface area contributed by atoms with Crippen LogP contribution in [0.5, 0.6) is 0 Å². The molecule has 0 saturated carbocycles. The van der Waals surface area contributed by atoms with Crippen LogP contribution in [0.15, 0.2) is 36.0 Å². The quantitative estimate of drug-likeness (QED) is 0.583. The Bertz CT molecular complexity index is 668. The van der Waals surface area contributed by atoms with Crippen molar-refractivity contribution in [3.8, 4) is 0 Å². The zero-order valence-corrected chi connectivity index (χ0v) is 13.4. The number of rotatable bonds is 2. The van der Waals surface area contributed by atoms with Crippen LogP contribution < -0.4 is 27.3 Å². The largest absolute Gasteiger partial charge is 0.113 e. The van der Waals surface area contributed by atoms with Gasteiger partial charge in [-0.25, -0.2) is 0 Å². The molecule has 10 radical (unpaired) electrons. The number of benzene rings is 1. The van der Waals surface area contributed by atoms with E-state index in [0.29, 0.717) is 22.4 Å². The van der Waals surface area contributed by atoms with E-state index in [1.165, 1.54) is 5.57 Å². The molecule has 98 valence electrons. The first-order chi connectivity index (χ1) is 10.2. The molecule has 0 heterocycles. The normalized spacial score (nSPS) is 21.0. The van der Waals surface area contributed by atoms with Gasteiger partial charge in [-0.05, 0) is 24.0 Å². The van der Waals surface area contributed by atoms with E-state index in [2.05, 4.69) is 26.0 Å². The molecule has 1 atom stereocenters. The third-order valence-corrected chi connectivity index (χ3v) is 4.21. The summed E-state index contributed by atoms with van der Waals surface area (Å²) in [4.78, 5) is 0. The molecule has 0 amide bonds. The second-order valence-electron chi connectivity index (χ2n) is 6.24. The van der Waals surface area contributed by atoms with E-state index in [1.807, 2.05) is 25.2 Å². The molecule has 0 spiro atoms. The van der Waals surface area contributed by atoms with Gasteiger partial charge in [-0.3, -0.25) is 0 Å². The van der Waals surface area contributed by atoms with E-state index in [0.717, 1.165) is 0 Å². The maximum absolute atomic E-state index is 6.22. The minimum absolute atomic E-state index is 0.242. The van der Waals surface area contributed by atoms with E-state index in [4.69, 9.17) is 39.2 Å². The fourth-order valence-electron chi connectivity index (χ4n) is 2.81. The standard InChI is InChI=1S/C17H15B5/c1-9(2)10-6-4-5-7-17(3,8-10)11-12(18)14(20)16(22)15(21)13(11)19/h4-9H,1-3H3. The fourth-order valence-corrected chi connectivity index (χ4v) is 2.81. The zero-order chi connectivity index (χ0) is 16.7. The third kappa shape index (κ3) is 2.83. The summed E-state index contributed by atoms with van der Waals surface area (Å²) in [5, 5.41) is 0. The summed E-state index contributed by atoms with van der Waals surface area (Å²) in [7, 11) is 30.3. The molecule has 0 nitrogen and oxygen atoms in total. The molecule has 1 aliphatic rings. The first-order valence-corrected chi connectivity index (χ1v) is 7.29. The summed E-state index contributed by atoms with van der Waals surface area (Å²) in [5.41, 5.74) is 2.98. The van der Waals surface area contributed by atoms with E-state index in [9.17, 15) is 0 Å². The van der Waals surface area contributed by atoms with Gasteiger partial charge >= 0.3 is 0 Å². The topological polar surface area (TPSA) is 0 Å². The molecule has 0 fully saturated rings. The van der Waals surface area contributed by atoms with Crippen molar-refractivity contribution in [1.82, 2.24) is 0 Å². The lowest BCUT2D eigenvalue weighted by molar-refractivity contribution is 0.725. The van der Waals surface area contributed by atoms with E-state index >= 15 is 0 Å². The fraction of sp³-hybridized carbons (Fsp3) is 0.294. The van der Waals surface area contributed by atoms with E-state index in [-0.39, 0.29) is 16.4 Å². The minimum atomic E-state index is -0.507. The molecule has 1 aliphatic carbocycles. The molecule has 22 heavy (non-hydrogen) atoms. The maximum Gasteiger partial charge on any atom is 0.113 e. The highest BCUT2D eigenvalue weighted by Crippen LogP contribution is 2.29. The predicted molar refractivity (Wildman–Crippen MR) is 102 cm³/mol. The Kier molecular flexibility index (Phi) is 4.75. The Morgan fingerprint density at radius 1 is 0.818 bits per heavy atom. The molecule has 2 rings (SSSR count). The van der Waals surface area contributed by atoms with Crippen molar-refractivity contribution in [2.24, 2.45) is 5.92 Å². The van der Waals surface area contributed by atoms with Crippen LogP contribution in [-0.2, 0) is 5.41 Å². The van der Waals surface area contributed by atoms with Crippen molar-refractivity contribution in [2.45, 2.75) is 26.2 Å². The van der Waals surface area contributed by atoms with Crippen molar-refractivity contribution >= 4 is 66.5 Å². The van der Waals surface area contributed by atoms with Crippen LogP contribution in [0.4, 0.5) is 0 Å². The molecular weight excluding hydrogens is 258 g/mol. The van der Waals surface area contributed by atoms with Crippen molar-refractivity contribution in [2.75, 3.05) is 0 Å². The van der Waals surface area contributed by atoms with Gasteiger partial charge in [0, 0.05) is 5.41 Å². The lowest BCUT2D eigenvalue weighted by Gasteiger charge is -2.32. The average molecular weight is 273 g/mol. The Hall–Kier alpha value is -1.24. The smallest absolute Gasteiger partial charge is 0.112 e. The van der Waals surface area contributed by atoms with Crippen LogP contribution in [-0.4, -0.2) is 39.2 Å². The summed E-state index contributed by atoms with van der Waals surface area (Å²) < 4.78 is 0. The Labute approximate surface area is 140 Å². The molecule has 0 N–H and O–H groups in total. The molecule has 0 aromatic heterocycles. The first kappa shape index (κ1) is 17.1. The summed E-state index contributed by atoms with van der Waals surface area (Å²) >= 11 is 0. The van der Waals surface area contributed by atoms with Gasteiger partial charge in [0.25, 0.3) is 0 Å². The van der Waals surface area contributed by atoms with Crippen LogP contribution >= 0.6 is 0 Å². The van der Waals surface area contributed by atoms with Crippen molar-refractivity contribution < 1.29 is 0 Å². The third-order valence-electron chi connectivity index (χ3n) is 4.21. The summed E-state index contributed by atoms with van der Waals surface area (Å²) in [6, 6.07) is 0.